The Morgan fingerprint density at radius 2 is 1.25 bits per heavy atom. The minimum atomic E-state index is -1.19. The van der Waals surface area contributed by atoms with Crippen molar-refractivity contribution >= 4 is 0 Å². The van der Waals surface area contributed by atoms with Gasteiger partial charge in [-0.3, -0.25) is 0 Å². The van der Waals surface area contributed by atoms with Crippen molar-refractivity contribution in [3.8, 4) is 0 Å². The summed E-state index contributed by atoms with van der Waals surface area (Å²) in [5, 5.41) is 10.2. The van der Waals surface area contributed by atoms with Crippen LogP contribution in [-0.4, -0.2) is 62.3 Å². The number of halogens is 1. The molecular formula is C18H35FO5. The van der Waals surface area contributed by atoms with E-state index in [9.17, 15) is 9.50 Å². The summed E-state index contributed by atoms with van der Waals surface area (Å²) in [5.74, 6) is 0. The van der Waals surface area contributed by atoms with Crippen molar-refractivity contribution in [3.63, 3.8) is 0 Å². The Kier molecular flexibility index (Phi) is 11.8. The zero-order valence-corrected chi connectivity index (χ0v) is 15.4. The summed E-state index contributed by atoms with van der Waals surface area (Å²) in [6.45, 7) is 7.07. The standard InChI is InChI=1S/C18H35FO5/c1-4-7-10-21-15-14(13-19)24-18(20)17(23-12-9-6-3)16(15)22-11-8-5-2/h14-18,20H,4-13H2,1-3H3/t14?,15-,16?,17+,18?/m1/s1. The molecular weight excluding hydrogens is 315 g/mol. The van der Waals surface area contributed by atoms with Crippen molar-refractivity contribution in [1.29, 1.82) is 0 Å². The van der Waals surface area contributed by atoms with Crippen molar-refractivity contribution < 1.29 is 28.4 Å². The normalized spacial score (nSPS) is 30.6. The van der Waals surface area contributed by atoms with E-state index in [4.69, 9.17) is 18.9 Å². The Labute approximate surface area is 145 Å². The van der Waals surface area contributed by atoms with Gasteiger partial charge in [0, 0.05) is 19.8 Å². The summed E-state index contributed by atoms with van der Waals surface area (Å²) in [5.41, 5.74) is 0. The molecule has 0 aliphatic carbocycles. The molecule has 1 aliphatic heterocycles. The average Bonchev–Trinajstić information content (AvgIpc) is 2.58. The maximum atomic E-state index is 13.4. The first-order valence-corrected chi connectivity index (χ1v) is 9.43. The van der Waals surface area contributed by atoms with E-state index in [1.54, 1.807) is 0 Å². The number of alkyl halides is 1. The van der Waals surface area contributed by atoms with Crippen LogP contribution >= 0.6 is 0 Å². The largest absolute Gasteiger partial charge is 0.373 e. The fraction of sp³-hybridized carbons (Fsp3) is 1.00. The van der Waals surface area contributed by atoms with Crippen molar-refractivity contribution in [2.45, 2.75) is 90.0 Å². The fourth-order valence-corrected chi connectivity index (χ4v) is 2.68. The van der Waals surface area contributed by atoms with E-state index in [-0.39, 0.29) is 0 Å². The van der Waals surface area contributed by atoms with Gasteiger partial charge in [0.2, 0.25) is 0 Å². The SMILES string of the molecule is CCCCOC1[C@H](OCCCC)C(O)OC(CF)[C@H]1OCCCC. The van der Waals surface area contributed by atoms with Crippen LogP contribution < -0.4 is 0 Å². The zero-order valence-electron chi connectivity index (χ0n) is 15.4. The van der Waals surface area contributed by atoms with Gasteiger partial charge in [0.05, 0.1) is 0 Å². The predicted octanol–water partition coefficient (Wildman–Crippen LogP) is 3.23. The Balaban J connectivity index is 2.79. The van der Waals surface area contributed by atoms with Gasteiger partial charge in [-0.25, -0.2) is 4.39 Å². The molecule has 24 heavy (non-hydrogen) atoms. The minimum absolute atomic E-state index is 0.511. The highest BCUT2D eigenvalue weighted by Crippen LogP contribution is 2.28. The molecule has 0 aromatic heterocycles. The molecule has 5 nitrogen and oxygen atoms in total. The van der Waals surface area contributed by atoms with Gasteiger partial charge >= 0.3 is 0 Å². The first-order valence-electron chi connectivity index (χ1n) is 9.43. The Hall–Kier alpha value is -0.270. The lowest BCUT2D eigenvalue weighted by molar-refractivity contribution is -0.308. The van der Waals surface area contributed by atoms with E-state index in [0.29, 0.717) is 19.8 Å². The Bertz CT molecular complexity index is 305. The van der Waals surface area contributed by atoms with Gasteiger partial charge in [-0.2, -0.15) is 0 Å². The molecule has 0 spiro atoms. The van der Waals surface area contributed by atoms with E-state index in [1.165, 1.54) is 0 Å². The summed E-state index contributed by atoms with van der Waals surface area (Å²) in [7, 11) is 0. The Morgan fingerprint density at radius 3 is 1.71 bits per heavy atom. The number of hydrogen-bond acceptors (Lipinski definition) is 5. The number of ether oxygens (including phenoxy) is 4. The number of aliphatic hydroxyl groups excluding tert-OH is 1. The van der Waals surface area contributed by atoms with E-state index in [1.807, 2.05) is 0 Å². The highest BCUT2D eigenvalue weighted by Gasteiger charge is 2.47. The number of hydrogen-bond donors (Lipinski definition) is 1. The second kappa shape index (κ2) is 13.0. The van der Waals surface area contributed by atoms with Gasteiger partial charge in [0.15, 0.2) is 6.29 Å². The van der Waals surface area contributed by atoms with Gasteiger partial charge in [-0.1, -0.05) is 40.0 Å². The summed E-state index contributed by atoms with van der Waals surface area (Å²) in [6, 6.07) is 0. The molecule has 3 unspecified atom stereocenters. The maximum Gasteiger partial charge on any atom is 0.184 e. The molecule has 1 heterocycles. The summed E-state index contributed by atoms with van der Waals surface area (Å²) in [4.78, 5) is 0. The zero-order chi connectivity index (χ0) is 17.8. The summed E-state index contributed by atoms with van der Waals surface area (Å²) >= 11 is 0. The predicted molar refractivity (Wildman–Crippen MR) is 90.8 cm³/mol. The van der Waals surface area contributed by atoms with E-state index in [0.717, 1.165) is 38.5 Å². The molecule has 1 saturated heterocycles. The monoisotopic (exact) mass is 350 g/mol. The molecule has 0 saturated carbocycles. The van der Waals surface area contributed by atoms with Crippen LogP contribution in [0.25, 0.3) is 0 Å². The van der Waals surface area contributed by atoms with Crippen molar-refractivity contribution in [2.24, 2.45) is 0 Å². The lowest BCUT2D eigenvalue weighted by Crippen LogP contribution is -2.61. The van der Waals surface area contributed by atoms with Gasteiger partial charge in [-0.15, -0.1) is 0 Å². The third kappa shape index (κ3) is 6.92. The van der Waals surface area contributed by atoms with E-state index in [2.05, 4.69) is 20.8 Å². The van der Waals surface area contributed by atoms with Crippen LogP contribution in [0.5, 0.6) is 0 Å². The quantitative estimate of drug-likeness (QED) is 0.517. The molecule has 1 rings (SSSR count). The molecule has 144 valence electrons. The highest BCUT2D eigenvalue weighted by molar-refractivity contribution is 4.92. The van der Waals surface area contributed by atoms with E-state index >= 15 is 0 Å². The van der Waals surface area contributed by atoms with Crippen LogP contribution in [-0.2, 0) is 18.9 Å². The summed E-state index contributed by atoms with van der Waals surface area (Å²) < 4.78 is 36.4. The molecule has 0 bridgehead atoms. The lowest BCUT2D eigenvalue weighted by Gasteiger charge is -2.43. The Morgan fingerprint density at radius 1 is 0.792 bits per heavy atom. The third-order valence-electron chi connectivity index (χ3n) is 4.19. The minimum Gasteiger partial charge on any atom is -0.373 e. The second-order valence-electron chi connectivity index (χ2n) is 6.29. The molecule has 0 aromatic rings. The smallest absolute Gasteiger partial charge is 0.184 e. The molecule has 5 atom stereocenters. The van der Waals surface area contributed by atoms with Crippen LogP contribution in [0.15, 0.2) is 0 Å². The third-order valence-corrected chi connectivity index (χ3v) is 4.19. The second-order valence-corrected chi connectivity index (χ2v) is 6.29. The molecule has 0 aromatic carbocycles. The topological polar surface area (TPSA) is 57.2 Å². The highest BCUT2D eigenvalue weighted by atomic mass is 19.1. The number of unbranched alkanes of at least 4 members (excludes halogenated alkanes) is 3. The molecule has 1 N–H and O–H groups in total. The van der Waals surface area contributed by atoms with Crippen molar-refractivity contribution in [3.05, 3.63) is 0 Å². The van der Waals surface area contributed by atoms with Crippen LogP contribution in [0.2, 0.25) is 0 Å². The average molecular weight is 350 g/mol. The first kappa shape index (κ1) is 21.8. The van der Waals surface area contributed by atoms with Crippen molar-refractivity contribution in [2.75, 3.05) is 26.5 Å². The van der Waals surface area contributed by atoms with Gasteiger partial charge in [0.1, 0.15) is 31.1 Å². The molecule has 0 radical (unpaired) electrons. The van der Waals surface area contributed by atoms with Gasteiger partial charge in [0.25, 0.3) is 0 Å². The summed E-state index contributed by atoms with van der Waals surface area (Å²) in [6.07, 6.45) is 1.92. The van der Waals surface area contributed by atoms with Crippen LogP contribution in [0.4, 0.5) is 4.39 Å². The fourth-order valence-electron chi connectivity index (χ4n) is 2.68. The van der Waals surface area contributed by atoms with Crippen LogP contribution in [0.1, 0.15) is 59.3 Å². The van der Waals surface area contributed by atoms with Crippen molar-refractivity contribution in [1.82, 2.24) is 0 Å². The molecule has 1 fully saturated rings. The van der Waals surface area contributed by atoms with Crippen LogP contribution in [0.3, 0.4) is 0 Å². The molecule has 6 heteroatoms. The van der Waals surface area contributed by atoms with Crippen LogP contribution in [0, 0.1) is 0 Å². The maximum absolute atomic E-state index is 13.4. The molecule has 0 amide bonds. The van der Waals surface area contributed by atoms with Gasteiger partial charge in [-0.05, 0) is 19.3 Å². The van der Waals surface area contributed by atoms with E-state index < -0.39 is 37.4 Å². The number of rotatable bonds is 13. The lowest BCUT2D eigenvalue weighted by atomic mass is 9.98. The molecule has 1 aliphatic rings. The van der Waals surface area contributed by atoms with Gasteiger partial charge < -0.3 is 24.1 Å². The number of aliphatic hydroxyl groups is 1. The first-order chi connectivity index (χ1) is 11.7.